The van der Waals surface area contributed by atoms with Gasteiger partial charge in [0.25, 0.3) is 0 Å². The van der Waals surface area contributed by atoms with Crippen LogP contribution in [-0.4, -0.2) is 78.5 Å². The van der Waals surface area contributed by atoms with E-state index in [0.717, 1.165) is 50.5 Å². The molecule has 3 heterocycles. The number of carbonyl (C=O) groups is 1. The molecular formula is C16H23N5O2. The van der Waals surface area contributed by atoms with Crippen LogP contribution in [0.15, 0.2) is 6.07 Å². The second-order valence-electron chi connectivity index (χ2n) is 6.38. The Morgan fingerprint density at radius 1 is 0.957 bits per heavy atom. The molecule has 0 unspecified atom stereocenters. The standard InChI is InChI=1S/C16H23N5O2/c22-16(21-8-10-23-11-9-21)20-6-4-19(5-7-20)15-12-13-2-1-3-14(13)17-18-15/h12H,1-11H2. The zero-order chi connectivity index (χ0) is 15.6. The number of piperazine rings is 1. The van der Waals surface area contributed by atoms with Crippen LogP contribution in [0.2, 0.25) is 0 Å². The van der Waals surface area contributed by atoms with E-state index in [9.17, 15) is 4.79 Å². The zero-order valence-corrected chi connectivity index (χ0v) is 13.4. The summed E-state index contributed by atoms with van der Waals surface area (Å²) in [6, 6.07) is 2.34. The molecule has 3 aliphatic rings. The first-order valence-electron chi connectivity index (χ1n) is 8.53. The molecule has 0 bridgehead atoms. The van der Waals surface area contributed by atoms with E-state index >= 15 is 0 Å². The van der Waals surface area contributed by atoms with Crippen molar-refractivity contribution < 1.29 is 9.53 Å². The Hall–Kier alpha value is -1.89. The third-order valence-corrected chi connectivity index (χ3v) is 4.96. The van der Waals surface area contributed by atoms with Gasteiger partial charge in [0, 0.05) is 39.3 Å². The van der Waals surface area contributed by atoms with Gasteiger partial charge in [0.2, 0.25) is 0 Å². The molecule has 4 rings (SSSR count). The Labute approximate surface area is 136 Å². The maximum absolute atomic E-state index is 12.5. The summed E-state index contributed by atoms with van der Waals surface area (Å²) in [5, 5.41) is 8.75. The molecule has 2 amide bonds. The minimum absolute atomic E-state index is 0.146. The Bertz CT molecular complexity index is 580. The summed E-state index contributed by atoms with van der Waals surface area (Å²) in [6.07, 6.45) is 3.37. The third-order valence-electron chi connectivity index (χ3n) is 4.96. The molecule has 1 aliphatic carbocycles. The van der Waals surface area contributed by atoms with Gasteiger partial charge in [-0.15, -0.1) is 5.10 Å². The van der Waals surface area contributed by atoms with Crippen molar-refractivity contribution in [3.8, 4) is 0 Å². The lowest BCUT2D eigenvalue weighted by Gasteiger charge is -2.38. The van der Waals surface area contributed by atoms with Crippen LogP contribution >= 0.6 is 0 Å². The maximum atomic E-state index is 12.5. The van der Waals surface area contributed by atoms with Gasteiger partial charge in [-0.2, -0.15) is 5.10 Å². The van der Waals surface area contributed by atoms with Crippen molar-refractivity contribution in [2.75, 3.05) is 57.4 Å². The molecular weight excluding hydrogens is 294 g/mol. The SMILES string of the molecule is O=C(N1CCOCC1)N1CCN(c2cc3c(nn2)CCC3)CC1. The fourth-order valence-corrected chi connectivity index (χ4v) is 3.55. The quantitative estimate of drug-likeness (QED) is 0.756. The monoisotopic (exact) mass is 317 g/mol. The number of amides is 2. The van der Waals surface area contributed by atoms with Gasteiger partial charge in [0.1, 0.15) is 0 Å². The minimum Gasteiger partial charge on any atom is -0.378 e. The summed E-state index contributed by atoms with van der Waals surface area (Å²) >= 11 is 0. The largest absolute Gasteiger partial charge is 0.378 e. The van der Waals surface area contributed by atoms with Crippen LogP contribution in [0.1, 0.15) is 17.7 Å². The number of nitrogens with zero attached hydrogens (tertiary/aromatic N) is 5. The van der Waals surface area contributed by atoms with Crippen molar-refractivity contribution in [3.05, 3.63) is 17.3 Å². The van der Waals surface area contributed by atoms with Crippen LogP contribution in [0.3, 0.4) is 0 Å². The van der Waals surface area contributed by atoms with E-state index in [-0.39, 0.29) is 6.03 Å². The van der Waals surface area contributed by atoms with Gasteiger partial charge in [0.15, 0.2) is 5.82 Å². The van der Waals surface area contributed by atoms with E-state index in [2.05, 4.69) is 21.2 Å². The van der Waals surface area contributed by atoms with E-state index in [1.807, 2.05) is 9.80 Å². The van der Waals surface area contributed by atoms with Gasteiger partial charge in [-0.25, -0.2) is 4.79 Å². The Morgan fingerprint density at radius 3 is 2.48 bits per heavy atom. The van der Waals surface area contributed by atoms with Crippen LogP contribution in [0, 0.1) is 0 Å². The second kappa shape index (κ2) is 6.31. The highest BCUT2D eigenvalue weighted by Crippen LogP contribution is 2.23. The summed E-state index contributed by atoms with van der Waals surface area (Å²) < 4.78 is 5.31. The topological polar surface area (TPSA) is 61.8 Å². The lowest BCUT2D eigenvalue weighted by Crippen LogP contribution is -2.55. The molecule has 0 spiro atoms. The Morgan fingerprint density at radius 2 is 1.70 bits per heavy atom. The summed E-state index contributed by atoms with van der Waals surface area (Å²) in [6.45, 7) is 5.84. The van der Waals surface area contributed by atoms with E-state index in [4.69, 9.17) is 4.74 Å². The smallest absolute Gasteiger partial charge is 0.320 e. The Kier molecular flexibility index (Phi) is 4.03. The van der Waals surface area contributed by atoms with Crippen molar-refractivity contribution in [3.63, 3.8) is 0 Å². The van der Waals surface area contributed by atoms with Gasteiger partial charge in [0.05, 0.1) is 18.9 Å². The van der Waals surface area contributed by atoms with Crippen molar-refractivity contribution in [1.82, 2.24) is 20.0 Å². The molecule has 1 aromatic heterocycles. The molecule has 0 N–H and O–H groups in total. The molecule has 1 aromatic rings. The molecule has 7 heteroatoms. The number of fused-ring (bicyclic) bond motifs is 1. The fraction of sp³-hybridized carbons (Fsp3) is 0.688. The number of morpholine rings is 1. The number of hydrogen-bond acceptors (Lipinski definition) is 5. The third kappa shape index (κ3) is 2.97. The number of aromatic nitrogens is 2. The van der Waals surface area contributed by atoms with Crippen LogP contribution in [-0.2, 0) is 17.6 Å². The predicted octanol–water partition coefficient (Wildman–Crippen LogP) is 0.539. The second-order valence-corrected chi connectivity index (χ2v) is 6.38. The molecule has 0 aromatic carbocycles. The first-order valence-corrected chi connectivity index (χ1v) is 8.53. The number of ether oxygens (including phenoxy) is 1. The van der Waals surface area contributed by atoms with Crippen LogP contribution < -0.4 is 4.90 Å². The van der Waals surface area contributed by atoms with Gasteiger partial charge in [-0.1, -0.05) is 0 Å². The highest BCUT2D eigenvalue weighted by atomic mass is 16.5. The average molecular weight is 317 g/mol. The van der Waals surface area contributed by atoms with Gasteiger partial charge in [-0.05, 0) is 30.9 Å². The molecule has 2 fully saturated rings. The van der Waals surface area contributed by atoms with E-state index in [1.54, 1.807) is 0 Å². The molecule has 0 atom stereocenters. The normalized spacial score (nSPS) is 21.5. The molecule has 124 valence electrons. The predicted molar refractivity (Wildman–Crippen MR) is 85.6 cm³/mol. The average Bonchev–Trinajstić information content (AvgIpc) is 3.10. The maximum Gasteiger partial charge on any atom is 0.320 e. The molecule has 7 nitrogen and oxygen atoms in total. The lowest BCUT2D eigenvalue weighted by atomic mass is 10.2. The number of rotatable bonds is 1. The first-order chi connectivity index (χ1) is 11.3. The molecule has 23 heavy (non-hydrogen) atoms. The van der Waals surface area contributed by atoms with Crippen LogP contribution in [0.25, 0.3) is 0 Å². The molecule has 2 aliphatic heterocycles. The van der Waals surface area contributed by atoms with Crippen molar-refractivity contribution >= 4 is 11.8 Å². The van der Waals surface area contributed by atoms with Gasteiger partial charge < -0.3 is 19.4 Å². The summed E-state index contributed by atoms with van der Waals surface area (Å²) in [5.41, 5.74) is 2.51. The summed E-state index contributed by atoms with van der Waals surface area (Å²) in [7, 11) is 0. The highest BCUT2D eigenvalue weighted by Gasteiger charge is 2.27. The number of hydrogen-bond donors (Lipinski definition) is 0. The first kappa shape index (κ1) is 14.7. The number of aryl methyl sites for hydroxylation is 2. The fourth-order valence-electron chi connectivity index (χ4n) is 3.55. The van der Waals surface area contributed by atoms with Crippen LogP contribution in [0.5, 0.6) is 0 Å². The number of carbonyl (C=O) groups excluding carboxylic acids is 1. The number of urea groups is 1. The van der Waals surface area contributed by atoms with Crippen molar-refractivity contribution in [2.24, 2.45) is 0 Å². The highest BCUT2D eigenvalue weighted by molar-refractivity contribution is 5.75. The molecule has 0 radical (unpaired) electrons. The van der Waals surface area contributed by atoms with E-state index in [1.165, 1.54) is 12.0 Å². The summed E-state index contributed by atoms with van der Waals surface area (Å²) in [4.78, 5) is 18.6. The van der Waals surface area contributed by atoms with E-state index in [0.29, 0.717) is 26.3 Å². The van der Waals surface area contributed by atoms with Crippen molar-refractivity contribution in [1.29, 1.82) is 0 Å². The molecule has 0 saturated carbocycles. The molecule has 2 saturated heterocycles. The van der Waals surface area contributed by atoms with Crippen LogP contribution in [0.4, 0.5) is 10.6 Å². The van der Waals surface area contributed by atoms with E-state index < -0.39 is 0 Å². The van der Waals surface area contributed by atoms with Crippen molar-refractivity contribution in [2.45, 2.75) is 19.3 Å². The number of anilines is 1. The van der Waals surface area contributed by atoms with Gasteiger partial charge >= 0.3 is 6.03 Å². The zero-order valence-electron chi connectivity index (χ0n) is 13.4. The lowest BCUT2D eigenvalue weighted by molar-refractivity contribution is 0.0428. The minimum atomic E-state index is 0.146. The summed E-state index contributed by atoms with van der Waals surface area (Å²) in [5.74, 6) is 0.962. The Balaban J connectivity index is 1.36. The van der Waals surface area contributed by atoms with Gasteiger partial charge in [-0.3, -0.25) is 0 Å².